The minimum absolute atomic E-state index is 0.00709. The molecule has 1 atom stereocenters. The van der Waals surface area contributed by atoms with Crippen molar-refractivity contribution in [3.05, 3.63) is 59.4 Å². The van der Waals surface area contributed by atoms with E-state index < -0.39 is 0 Å². The third-order valence-electron chi connectivity index (χ3n) is 4.48. The minimum Gasteiger partial charge on any atom is -0.493 e. The van der Waals surface area contributed by atoms with Crippen LogP contribution in [0.2, 0.25) is 0 Å². The van der Waals surface area contributed by atoms with Crippen LogP contribution in [0, 0.1) is 5.82 Å². The number of nitrogens with zero attached hydrogens (tertiary/aromatic N) is 1. The van der Waals surface area contributed by atoms with E-state index in [0.717, 1.165) is 11.1 Å². The number of rotatable bonds is 9. The summed E-state index contributed by atoms with van der Waals surface area (Å²) in [4.78, 5) is 14.2. The topological polar surface area (TPSA) is 48.0 Å². The van der Waals surface area contributed by atoms with Gasteiger partial charge in [0.05, 0.1) is 25.5 Å². The van der Waals surface area contributed by atoms with Crippen molar-refractivity contribution in [1.29, 1.82) is 0 Å². The van der Waals surface area contributed by atoms with Crippen LogP contribution in [0.1, 0.15) is 11.1 Å². The molecule has 1 amide bonds. The predicted molar refractivity (Wildman–Crippen MR) is 115 cm³/mol. The number of carbonyl (C=O) groups excluding carboxylic acids is 1. The highest BCUT2D eigenvalue weighted by molar-refractivity contribution is 8.24. The van der Waals surface area contributed by atoms with Gasteiger partial charge in [0.2, 0.25) is 5.91 Å². The smallest absolute Gasteiger partial charge is 0.242 e. The summed E-state index contributed by atoms with van der Waals surface area (Å²) in [5, 5.41) is -0.255. The molecule has 5 nitrogen and oxygen atoms in total. The Morgan fingerprint density at radius 1 is 1.10 bits per heavy atom. The normalized spacial score (nSPS) is 16.4. The highest BCUT2D eigenvalue weighted by Crippen LogP contribution is 2.33. The molecule has 2 aromatic carbocycles. The van der Waals surface area contributed by atoms with Gasteiger partial charge < -0.3 is 14.2 Å². The second kappa shape index (κ2) is 10.0. The molecule has 29 heavy (non-hydrogen) atoms. The number of thiocarbonyl (C=S) groups is 1. The van der Waals surface area contributed by atoms with E-state index in [1.807, 2.05) is 18.2 Å². The fourth-order valence-corrected chi connectivity index (χ4v) is 4.51. The lowest BCUT2D eigenvalue weighted by Gasteiger charge is -2.15. The standard InChI is InChI=1S/C21H22FNO4S2/c1-25-10-9-23-20(24)19(29-21(23)28)12-15-5-8-17(18(11-15)26-2)27-13-14-3-6-16(22)7-4-14/h3-8,11,19H,9-10,12-13H2,1-2H3/t19-/m0/s1. The van der Waals surface area contributed by atoms with Gasteiger partial charge in [0, 0.05) is 7.11 Å². The Morgan fingerprint density at radius 3 is 2.52 bits per heavy atom. The molecular formula is C21H22FNO4S2. The molecule has 0 aromatic heterocycles. The molecule has 1 aliphatic heterocycles. The Morgan fingerprint density at radius 2 is 1.83 bits per heavy atom. The summed E-state index contributed by atoms with van der Waals surface area (Å²) in [6.45, 7) is 1.22. The fourth-order valence-electron chi connectivity index (χ4n) is 2.93. The molecule has 1 aliphatic rings. The summed E-state index contributed by atoms with van der Waals surface area (Å²) in [5.74, 6) is 0.894. The molecule has 0 N–H and O–H groups in total. The first kappa shape index (κ1) is 21.5. The molecule has 1 saturated heterocycles. The monoisotopic (exact) mass is 435 g/mol. The van der Waals surface area contributed by atoms with Gasteiger partial charge in [-0.15, -0.1) is 0 Å². The summed E-state index contributed by atoms with van der Waals surface area (Å²) in [5.41, 5.74) is 1.81. The highest BCUT2D eigenvalue weighted by Gasteiger charge is 2.36. The molecule has 3 rings (SSSR count). The lowest BCUT2D eigenvalue weighted by Crippen LogP contribution is -2.34. The summed E-state index contributed by atoms with van der Waals surface area (Å²) >= 11 is 6.73. The number of thioether (sulfide) groups is 1. The summed E-state index contributed by atoms with van der Waals surface area (Å²) in [6, 6.07) is 11.8. The Bertz CT molecular complexity index is 875. The molecular weight excluding hydrogens is 413 g/mol. The van der Waals surface area contributed by atoms with Gasteiger partial charge in [0.25, 0.3) is 0 Å². The van der Waals surface area contributed by atoms with Crippen LogP contribution >= 0.6 is 24.0 Å². The maximum Gasteiger partial charge on any atom is 0.242 e. The van der Waals surface area contributed by atoms with Gasteiger partial charge in [-0.1, -0.05) is 42.2 Å². The maximum absolute atomic E-state index is 13.0. The average molecular weight is 436 g/mol. The van der Waals surface area contributed by atoms with Crippen LogP contribution in [-0.2, 0) is 22.6 Å². The van der Waals surface area contributed by atoms with Gasteiger partial charge >= 0.3 is 0 Å². The number of hydrogen-bond donors (Lipinski definition) is 0. The first-order valence-corrected chi connectivity index (χ1v) is 10.4. The lowest BCUT2D eigenvalue weighted by molar-refractivity contribution is -0.126. The van der Waals surface area contributed by atoms with Crippen molar-refractivity contribution in [1.82, 2.24) is 4.90 Å². The highest BCUT2D eigenvalue weighted by atomic mass is 32.2. The summed E-state index contributed by atoms with van der Waals surface area (Å²) in [7, 11) is 3.17. The Balaban J connectivity index is 1.64. The van der Waals surface area contributed by atoms with Crippen molar-refractivity contribution in [2.45, 2.75) is 18.3 Å². The van der Waals surface area contributed by atoms with Crippen molar-refractivity contribution < 1.29 is 23.4 Å². The molecule has 2 aromatic rings. The van der Waals surface area contributed by atoms with Gasteiger partial charge in [-0.05, 0) is 41.8 Å². The SMILES string of the molecule is COCCN1C(=O)[C@H](Cc2ccc(OCc3ccc(F)cc3)c(OC)c2)SC1=S. The molecule has 0 saturated carbocycles. The molecule has 0 unspecified atom stereocenters. The maximum atomic E-state index is 13.0. The molecule has 0 bridgehead atoms. The van der Waals surface area contributed by atoms with Crippen LogP contribution in [0.4, 0.5) is 4.39 Å². The van der Waals surface area contributed by atoms with E-state index in [2.05, 4.69) is 0 Å². The van der Waals surface area contributed by atoms with Crippen molar-refractivity contribution in [2.75, 3.05) is 27.4 Å². The number of benzene rings is 2. The number of methoxy groups -OCH3 is 2. The van der Waals surface area contributed by atoms with Gasteiger partial charge in [0.1, 0.15) is 16.7 Å². The Labute approximate surface area is 179 Å². The third-order valence-corrected chi connectivity index (χ3v) is 6.06. The number of carbonyl (C=O) groups is 1. The quantitative estimate of drug-likeness (QED) is 0.558. The van der Waals surface area contributed by atoms with Crippen LogP contribution in [0.25, 0.3) is 0 Å². The molecule has 1 heterocycles. The van der Waals surface area contributed by atoms with E-state index in [1.165, 1.54) is 23.9 Å². The van der Waals surface area contributed by atoms with Crippen LogP contribution in [-0.4, -0.2) is 47.7 Å². The Kier molecular flexibility index (Phi) is 7.46. The zero-order valence-electron chi connectivity index (χ0n) is 16.2. The number of hydrogen-bond acceptors (Lipinski definition) is 6. The number of ether oxygens (including phenoxy) is 3. The van der Waals surface area contributed by atoms with Crippen molar-refractivity contribution in [3.8, 4) is 11.5 Å². The van der Waals surface area contributed by atoms with E-state index >= 15 is 0 Å². The second-order valence-corrected chi connectivity index (χ2v) is 8.30. The van der Waals surface area contributed by atoms with Gasteiger partial charge in [-0.3, -0.25) is 9.69 Å². The van der Waals surface area contributed by atoms with Gasteiger partial charge in [-0.25, -0.2) is 4.39 Å². The van der Waals surface area contributed by atoms with Gasteiger partial charge in [-0.2, -0.15) is 0 Å². The molecule has 154 valence electrons. The molecule has 8 heteroatoms. The van der Waals surface area contributed by atoms with Gasteiger partial charge in [0.15, 0.2) is 11.5 Å². The van der Waals surface area contributed by atoms with Crippen molar-refractivity contribution in [3.63, 3.8) is 0 Å². The largest absolute Gasteiger partial charge is 0.493 e. The minimum atomic E-state index is -0.282. The van der Waals surface area contributed by atoms with E-state index in [1.54, 1.807) is 31.3 Å². The van der Waals surface area contributed by atoms with Crippen LogP contribution in [0.3, 0.4) is 0 Å². The zero-order chi connectivity index (χ0) is 20.8. The summed E-state index contributed by atoms with van der Waals surface area (Å²) in [6.07, 6.45) is 0.543. The van der Waals surface area contributed by atoms with E-state index in [0.29, 0.717) is 42.0 Å². The zero-order valence-corrected chi connectivity index (χ0v) is 17.9. The average Bonchev–Trinajstić information content (AvgIpc) is 2.99. The number of halogens is 1. The first-order valence-electron chi connectivity index (χ1n) is 9.07. The van der Waals surface area contributed by atoms with Crippen LogP contribution in [0.15, 0.2) is 42.5 Å². The van der Waals surface area contributed by atoms with Crippen molar-refractivity contribution >= 4 is 34.2 Å². The van der Waals surface area contributed by atoms with E-state index in [4.69, 9.17) is 26.4 Å². The fraction of sp³-hybridized carbons (Fsp3) is 0.333. The molecule has 0 spiro atoms. The molecule has 1 fully saturated rings. The second-order valence-electron chi connectivity index (χ2n) is 6.46. The Hall–Kier alpha value is -2.16. The van der Waals surface area contributed by atoms with Crippen LogP contribution in [0.5, 0.6) is 11.5 Å². The molecule has 0 aliphatic carbocycles. The first-order chi connectivity index (χ1) is 14.0. The third kappa shape index (κ3) is 5.46. The van der Waals surface area contributed by atoms with Crippen LogP contribution < -0.4 is 9.47 Å². The summed E-state index contributed by atoms with van der Waals surface area (Å²) < 4.78 is 29.9. The molecule has 0 radical (unpaired) electrons. The lowest BCUT2D eigenvalue weighted by atomic mass is 10.1. The van der Waals surface area contributed by atoms with E-state index in [-0.39, 0.29) is 17.0 Å². The van der Waals surface area contributed by atoms with Crippen molar-refractivity contribution in [2.24, 2.45) is 0 Å². The van der Waals surface area contributed by atoms with E-state index in [9.17, 15) is 9.18 Å². The predicted octanol–water partition coefficient (Wildman–Crippen LogP) is 3.83. The number of amides is 1.